The third-order valence-corrected chi connectivity index (χ3v) is 3.85. The number of nitro groups is 1. The molecule has 7 heteroatoms. The van der Waals surface area contributed by atoms with E-state index in [1.807, 2.05) is 36.4 Å². The summed E-state index contributed by atoms with van der Waals surface area (Å²) < 4.78 is 5.35. The van der Waals surface area contributed by atoms with Crippen LogP contribution in [-0.2, 0) is 0 Å². The van der Waals surface area contributed by atoms with Gasteiger partial charge in [-0.2, -0.15) is 5.10 Å². The molecule has 1 amide bonds. The molecule has 130 valence electrons. The summed E-state index contributed by atoms with van der Waals surface area (Å²) in [6, 6.07) is 16.7. The number of benzene rings is 3. The van der Waals surface area contributed by atoms with Crippen molar-refractivity contribution in [1.82, 2.24) is 5.43 Å². The molecule has 0 saturated heterocycles. The summed E-state index contributed by atoms with van der Waals surface area (Å²) in [7, 11) is 1.61. The van der Waals surface area contributed by atoms with Crippen LogP contribution in [0.2, 0.25) is 0 Å². The first-order chi connectivity index (χ1) is 12.6. The van der Waals surface area contributed by atoms with Crippen LogP contribution < -0.4 is 10.2 Å². The molecule has 0 radical (unpaired) electrons. The third-order valence-electron chi connectivity index (χ3n) is 3.85. The van der Waals surface area contributed by atoms with Gasteiger partial charge in [-0.3, -0.25) is 14.9 Å². The summed E-state index contributed by atoms with van der Waals surface area (Å²) >= 11 is 0. The maximum absolute atomic E-state index is 12.1. The zero-order chi connectivity index (χ0) is 18.5. The van der Waals surface area contributed by atoms with Crippen LogP contribution in [-0.4, -0.2) is 24.2 Å². The van der Waals surface area contributed by atoms with E-state index in [2.05, 4.69) is 10.5 Å². The molecule has 0 spiro atoms. The molecule has 0 heterocycles. The van der Waals surface area contributed by atoms with Gasteiger partial charge in [-0.25, -0.2) is 5.43 Å². The predicted molar refractivity (Wildman–Crippen MR) is 98.7 cm³/mol. The standard InChI is InChI=1S/C19H15N3O4/c1-26-18-11-8-14(16-4-2-3-5-17(16)18)12-20-21-19(23)13-6-9-15(10-7-13)22(24)25/h2-12H,1H3,(H,21,23)/b20-12+. The summed E-state index contributed by atoms with van der Waals surface area (Å²) in [5.41, 5.74) is 3.45. The Labute approximate surface area is 149 Å². The van der Waals surface area contributed by atoms with E-state index >= 15 is 0 Å². The second-order valence-electron chi connectivity index (χ2n) is 5.41. The molecular formula is C19H15N3O4. The molecule has 0 aliphatic carbocycles. The maximum atomic E-state index is 12.1. The molecule has 26 heavy (non-hydrogen) atoms. The van der Waals surface area contributed by atoms with Crippen LogP contribution in [0.5, 0.6) is 5.75 Å². The van der Waals surface area contributed by atoms with Gasteiger partial charge in [-0.15, -0.1) is 0 Å². The summed E-state index contributed by atoms with van der Waals surface area (Å²) in [6.07, 6.45) is 1.55. The molecule has 0 atom stereocenters. The number of hydrogen-bond acceptors (Lipinski definition) is 5. The summed E-state index contributed by atoms with van der Waals surface area (Å²) in [5.74, 6) is 0.307. The van der Waals surface area contributed by atoms with Gasteiger partial charge in [0.05, 0.1) is 18.2 Å². The van der Waals surface area contributed by atoms with Crippen molar-refractivity contribution >= 4 is 28.6 Å². The molecule has 0 unspecified atom stereocenters. The summed E-state index contributed by atoms with van der Waals surface area (Å²) in [4.78, 5) is 22.2. The molecular weight excluding hydrogens is 334 g/mol. The Hall–Kier alpha value is -3.74. The molecule has 3 rings (SSSR count). The van der Waals surface area contributed by atoms with Gasteiger partial charge in [0.2, 0.25) is 0 Å². The van der Waals surface area contributed by atoms with Gasteiger partial charge in [0.25, 0.3) is 11.6 Å². The Morgan fingerprint density at radius 1 is 1.08 bits per heavy atom. The van der Waals surface area contributed by atoms with E-state index in [1.54, 1.807) is 13.3 Å². The van der Waals surface area contributed by atoms with Crippen LogP contribution in [0.1, 0.15) is 15.9 Å². The van der Waals surface area contributed by atoms with Crippen molar-refractivity contribution in [3.63, 3.8) is 0 Å². The number of carbonyl (C=O) groups is 1. The van der Waals surface area contributed by atoms with Gasteiger partial charge >= 0.3 is 0 Å². The van der Waals surface area contributed by atoms with Crippen LogP contribution >= 0.6 is 0 Å². The van der Waals surface area contributed by atoms with E-state index in [0.717, 1.165) is 22.1 Å². The quantitative estimate of drug-likeness (QED) is 0.433. The number of hydrogen-bond donors (Lipinski definition) is 1. The highest BCUT2D eigenvalue weighted by atomic mass is 16.6. The lowest BCUT2D eigenvalue weighted by atomic mass is 10.0. The van der Waals surface area contributed by atoms with E-state index in [-0.39, 0.29) is 11.3 Å². The van der Waals surface area contributed by atoms with Crippen LogP contribution in [0.25, 0.3) is 10.8 Å². The smallest absolute Gasteiger partial charge is 0.271 e. The molecule has 0 aromatic heterocycles. The van der Waals surface area contributed by atoms with E-state index < -0.39 is 10.8 Å². The van der Waals surface area contributed by atoms with Gasteiger partial charge in [-0.1, -0.05) is 24.3 Å². The first-order valence-electron chi connectivity index (χ1n) is 7.74. The average molecular weight is 349 g/mol. The van der Waals surface area contributed by atoms with Gasteiger partial charge in [0.15, 0.2) is 0 Å². The number of nitro benzene ring substituents is 1. The van der Waals surface area contributed by atoms with Crippen molar-refractivity contribution in [2.75, 3.05) is 7.11 Å². The summed E-state index contributed by atoms with van der Waals surface area (Å²) in [6.45, 7) is 0. The minimum absolute atomic E-state index is 0.0743. The Kier molecular flexibility index (Phi) is 4.89. The van der Waals surface area contributed by atoms with Gasteiger partial charge < -0.3 is 4.74 Å². The van der Waals surface area contributed by atoms with Crippen LogP contribution in [0.15, 0.2) is 65.8 Å². The van der Waals surface area contributed by atoms with Crippen LogP contribution in [0.4, 0.5) is 5.69 Å². The lowest BCUT2D eigenvalue weighted by Crippen LogP contribution is -2.17. The van der Waals surface area contributed by atoms with E-state index in [0.29, 0.717) is 0 Å². The number of nitrogens with one attached hydrogen (secondary N) is 1. The fraction of sp³-hybridized carbons (Fsp3) is 0.0526. The fourth-order valence-corrected chi connectivity index (χ4v) is 2.54. The van der Waals surface area contributed by atoms with Crippen molar-refractivity contribution in [2.24, 2.45) is 5.10 Å². The Balaban J connectivity index is 1.77. The Bertz CT molecular complexity index is 997. The maximum Gasteiger partial charge on any atom is 0.271 e. The van der Waals surface area contributed by atoms with Gasteiger partial charge in [-0.05, 0) is 29.7 Å². The highest BCUT2D eigenvalue weighted by Gasteiger charge is 2.09. The van der Waals surface area contributed by atoms with E-state index in [1.165, 1.54) is 24.3 Å². The second-order valence-corrected chi connectivity index (χ2v) is 5.41. The Morgan fingerprint density at radius 3 is 2.42 bits per heavy atom. The summed E-state index contributed by atoms with van der Waals surface area (Å²) in [5, 5.41) is 16.5. The van der Waals surface area contributed by atoms with Gasteiger partial charge in [0.1, 0.15) is 5.75 Å². The minimum atomic E-state index is -0.519. The zero-order valence-electron chi connectivity index (χ0n) is 13.9. The average Bonchev–Trinajstić information content (AvgIpc) is 2.68. The highest BCUT2D eigenvalue weighted by molar-refractivity contribution is 6.03. The number of hydrazone groups is 1. The first-order valence-corrected chi connectivity index (χ1v) is 7.74. The molecule has 0 saturated carbocycles. The molecule has 0 aliphatic heterocycles. The number of non-ortho nitro benzene ring substituents is 1. The molecule has 3 aromatic rings. The molecule has 3 aromatic carbocycles. The predicted octanol–water partition coefficient (Wildman–Crippen LogP) is 3.52. The minimum Gasteiger partial charge on any atom is -0.496 e. The van der Waals surface area contributed by atoms with Crippen molar-refractivity contribution < 1.29 is 14.5 Å². The van der Waals surface area contributed by atoms with Crippen molar-refractivity contribution in [1.29, 1.82) is 0 Å². The van der Waals surface area contributed by atoms with E-state index in [4.69, 9.17) is 4.74 Å². The number of rotatable bonds is 5. The lowest BCUT2D eigenvalue weighted by molar-refractivity contribution is -0.384. The van der Waals surface area contributed by atoms with Crippen molar-refractivity contribution in [2.45, 2.75) is 0 Å². The Morgan fingerprint density at radius 2 is 1.77 bits per heavy atom. The SMILES string of the molecule is COc1ccc(/C=N/NC(=O)c2ccc([N+](=O)[O-])cc2)c2ccccc12. The monoisotopic (exact) mass is 349 g/mol. The molecule has 0 fully saturated rings. The van der Waals surface area contributed by atoms with Crippen LogP contribution in [0, 0.1) is 10.1 Å². The van der Waals surface area contributed by atoms with Crippen molar-refractivity contribution in [3.8, 4) is 5.75 Å². The first kappa shape index (κ1) is 17.1. The number of fused-ring (bicyclic) bond motifs is 1. The number of ether oxygens (including phenoxy) is 1. The lowest BCUT2D eigenvalue weighted by Gasteiger charge is -2.07. The zero-order valence-corrected chi connectivity index (χ0v) is 13.9. The molecule has 1 N–H and O–H groups in total. The second kappa shape index (κ2) is 7.43. The normalized spacial score (nSPS) is 10.8. The fourth-order valence-electron chi connectivity index (χ4n) is 2.54. The number of carbonyl (C=O) groups excluding carboxylic acids is 1. The highest BCUT2D eigenvalue weighted by Crippen LogP contribution is 2.27. The van der Waals surface area contributed by atoms with Gasteiger partial charge in [0, 0.05) is 28.6 Å². The number of methoxy groups -OCH3 is 1. The molecule has 7 nitrogen and oxygen atoms in total. The largest absolute Gasteiger partial charge is 0.496 e. The molecule has 0 aliphatic rings. The third kappa shape index (κ3) is 3.51. The number of nitrogens with zero attached hydrogens (tertiary/aromatic N) is 2. The topological polar surface area (TPSA) is 93.8 Å². The number of amides is 1. The van der Waals surface area contributed by atoms with E-state index in [9.17, 15) is 14.9 Å². The molecule has 0 bridgehead atoms. The van der Waals surface area contributed by atoms with Crippen molar-refractivity contribution in [3.05, 3.63) is 81.9 Å². The van der Waals surface area contributed by atoms with Crippen LogP contribution in [0.3, 0.4) is 0 Å².